The van der Waals surface area contributed by atoms with Crippen molar-refractivity contribution in [3.05, 3.63) is 65.2 Å². The average molecular weight is 456 g/mol. The van der Waals surface area contributed by atoms with E-state index in [1.165, 1.54) is 11.8 Å². The highest BCUT2D eigenvalue weighted by Crippen LogP contribution is 2.32. The topological polar surface area (TPSA) is 54.3 Å². The second kappa shape index (κ2) is 9.75. The van der Waals surface area contributed by atoms with Crippen molar-refractivity contribution < 1.29 is 4.79 Å². The van der Waals surface area contributed by atoms with Gasteiger partial charge in [-0.15, -0.1) is 10.2 Å². The summed E-state index contributed by atoms with van der Waals surface area (Å²) in [5.74, 6) is 0.858. The van der Waals surface area contributed by atoms with Gasteiger partial charge in [-0.25, -0.2) is 0 Å². The van der Waals surface area contributed by atoms with Crippen LogP contribution < -0.4 is 4.90 Å². The van der Waals surface area contributed by atoms with Gasteiger partial charge in [0.1, 0.15) is 0 Å². The van der Waals surface area contributed by atoms with Crippen molar-refractivity contribution in [2.24, 2.45) is 0 Å². The Bertz CT molecular complexity index is 1040. The largest absolute Gasteiger partial charge is 0.341 e. The maximum Gasteiger partial charge on any atom is 0.235 e. The summed E-state index contributed by atoms with van der Waals surface area (Å²) in [6.07, 6.45) is 2.29. The van der Waals surface area contributed by atoms with Gasteiger partial charge in [-0.05, 0) is 43.5 Å². The molecular formula is C23H26ClN5OS. The number of carbonyl (C=O) groups excluding carboxylic acids is 1. The standard InChI is InChI=1S/C23H26ClN5OS/c1-17(21(30)27(2)16-18-9-4-3-5-10-18)31-23-26-25-22(28-13-6-7-14-28)29(23)20-12-8-11-19(24)15-20/h3-5,8-12,15,17H,6-7,13-14,16H2,1-2H3. The van der Waals surface area contributed by atoms with Crippen molar-refractivity contribution in [1.82, 2.24) is 19.7 Å². The molecule has 1 atom stereocenters. The van der Waals surface area contributed by atoms with Crippen LogP contribution in [0.2, 0.25) is 5.02 Å². The Balaban J connectivity index is 1.56. The lowest BCUT2D eigenvalue weighted by molar-refractivity contribution is -0.129. The lowest BCUT2D eigenvalue weighted by atomic mass is 10.2. The Morgan fingerprint density at radius 2 is 1.87 bits per heavy atom. The predicted octanol–water partition coefficient (Wildman–Crippen LogP) is 4.66. The summed E-state index contributed by atoms with van der Waals surface area (Å²) in [4.78, 5) is 17.0. The SMILES string of the molecule is CC(Sc1nnc(N2CCCC2)n1-c1cccc(Cl)c1)C(=O)N(C)Cc1ccccc1. The number of anilines is 1. The zero-order chi connectivity index (χ0) is 21.8. The van der Waals surface area contributed by atoms with E-state index < -0.39 is 0 Å². The van der Waals surface area contributed by atoms with Crippen molar-refractivity contribution in [3.63, 3.8) is 0 Å². The van der Waals surface area contributed by atoms with Crippen LogP contribution in [0.15, 0.2) is 59.8 Å². The van der Waals surface area contributed by atoms with Crippen LogP contribution in [0.5, 0.6) is 0 Å². The summed E-state index contributed by atoms with van der Waals surface area (Å²) in [5.41, 5.74) is 2.01. The van der Waals surface area contributed by atoms with Gasteiger partial charge in [0, 0.05) is 31.7 Å². The van der Waals surface area contributed by atoms with Gasteiger partial charge in [0.05, 0.1) is 10.9 Å². The van der Waals surface area contributed by atoms with Crippen molar-refractivity contribution in [2.75, 3.05) is 25.0 Å². The number of amides is 1. The van der Waals surface area contributed by atoms with Gasteiger partial charge < -0.3 is 9.80 Å². The third kappa shape index (κ3) is 5.05. The number of aromatic nitrogens is 3. The van der Waals surface area contributed by atoms with Crippen molar-refractivity contribution >= 4 is 35.2 Å². The number of nitrogens with zero attached hydrogens (tertiary/aromatic N) is 5. The number of halogens is 1. The maximum atomic E-state index is 13.0. The first-order valence-electron chi connectivity index (χ1n) is 10.4. The van der Waals surface area contributed by atoms with E-state index in [2.05, 4.69) is 15.1 Å². The Labute approximate surface area is 192 Å². The Morgan fingerprint density at radius 1 is 1.13 bits per heavy atom. The maximum absolute atomic E-state index is 13.0. The third-order valence-corrected chi connectivity index (χ3v) is 6.61. The summed E-state index contributed by atoms with van der Waals surface area (Å²) in [5, 5.41) is 9.98. The molecule has 1 unspecified atom stereocenters. The number of benzene rings is 2. The molecule has 1 saturated heterocycles. The molecule has 0 bridgehead atoms. The van der Waals surface area contributed by atoms with E-state index in [4.69, 9.17) is 11.6 Å². The van der Waals surface area contributed by atoms with E-state index in [9.17, 15) is 4.79 Å². The number of carbonyl (C=O) groups is 1. The van der Waals surface area contributed by atoms with Crippen LogP contribution in [0.1, 0.15) is 25.3 Å². The Kier molecular flexibility index (Phi) is 6.83. The van der Waals surface area contributed by atoms with E-state index in [-0.39, 0.29) is 11.2 Å². The second-order valence-corrected chi connectivity index (χ2v) is 9.48. The van der Waals surface area contributed by atoms with E-state index in [0.717, 1.165) is 43.1 Å². The van der Waals surface area contributed by atoms with E-state index in [1.807, 2.05) is 73.1 Å². The number of rotatable bonds is 7. The summed E-state index contributed by atoms with van der Waals surface area (Å²) in [6, 6.07) is 17.7. The number of hydrogen-bond donors (Lipinski definition) is 0. The normalized spacial score (nSPS) is 14.6. The third-order valence-electron chi connectivity index (χ3n) is 5.34. The minimum absolute atomic E-state index is 0.0530. The smallest absolute Gasteiger partial charge is 0.235 e. The minimum Gasteiger partial charge on any atom is -0.341 e. The monoisotopic (exact) mass is 455 g/mol. The molecule has 1 aliphatic heterocycles. The summed E-state index contributed by atoms with van der Waals surface area (Å²) in [6.45, 7) is 4.40. The van der Waals surface area contributed by atoms with Crippen LogP contribution in [-0.2, 0) is 11.3 Å². The zero-order valence-corrected chi connectivity index (χ0v) is 19.3. The van der Waals surface area contributed by atoms with Gasteiger partial charge >= 0.3 is 0 Å². The molecule has 0 spiro atoms. The zero-order valence-electron chi connectivity index (χ0n) is 17.7. The summed E-state index contributed by atoms with van der Waals surface area (Å²) in [7, 11) is 1.84. The molecule has 1 amide bonds. The van der Waals surface area contributed by atoms with Crippen molar-refractivity contribution in [3.8, 4) is 5.69 Å². The molecule has 4 rings (SSSR count). The molecule has 31 heavy (non-hydrogen) atoms. The van der Waals surface area contributed by atoms with Crippen LogP contribution in [0.4, 0.5) is 5.95 Å². The lowest BCUT2D eigenvalue weighted by Gasteiger charge is -2.22. The van der Waals surface area contributed by atoms with Crippen LogP contribution in [-0.4, -0.2) is 51.0 Å². The molecule has 0 radical (unpaired) electrons. The minimum atomic E-state index is -0.303. The van der Waals surface area contributed by atoms with E-state index >= 15 is 0 Å². The van der Waals surface area contributed by atoms with Crippen molar-refractivity contribution in [1.29, 1.82) is 0 Å². The molecule has 6 nitrogen and oxygen atoms in total. The molecule has 1 aliphatic rings. The molecule has 3 aromatic rings. The molecule has 2 aromatic carbocycles. The molecule has 162 valence electrons. The Morgan fingerprint density at radius 3 is 2.58 bits per heavy atom. The number of thioether (sulfide) groups is 1. The molecule has 8 heteroatoms. The molecule has 2 heterocycles. The molecule has 0 N–H and O–H groups in total. The van der Waals surface area contributed by atoms with E-state index in [1.54, 1.807) is 4.90 Å². The summed E-state index contributed by atoms with van der Waals surface area (Å²) >= 11 is 7.69. The Hall–Kier alpha value is -2.51. The van der Waals surface area contributed by atoms with Gasteiger partial charge in [-0.3, -0.25) is 9.36 Å². The molecule has 1 aromatic heterocycles. The van der Waals surface area contributed by atoms with Crippen LogP contribution in [0.25, 0.3) is 5.69 Å². The number of hydrogen-bond acceptors (Lipinski definition) is 5. The highest BCUT2D eigenvalue weighted by molar-refractivity contribution is 8.00. The summed E-state index contributed by atoms with van der Waals surface area (Å²) < 4.78 is 2.02. The van der Waals surface area contributed by atoms with Gasteiger partial charge in [-0.1, -0.05) is 59.8 Å². The molecular weight excluding hydrogens is 430 g/mol. The fourth-order valence-corrected chi connectivity index (χ4v) is 4.92. The molecule has 1 fully saturated rings. The fraction of sp³-hybridized carbons (Fsp3) is 0.348. The second-order valence-electron chi connectivity index (χ2n) is 7.73. The van der Waals surface area contributed by atoms with Crippen LogP contribution in [0, 0.1) is 0 Å². The van der Waals surface area contributed by atoms with Crippen LogP contribution >= 0.6 is 23.4 Å². The highest BCUT2D eigenvalue weighted by atomic mass is 35.5. The van der Waals surface area contributed by atoms with Gasteiger partial charge in [0.15, 0.2) is 5.16 Å². The quantitative estimate of drug-likeness (QED) is 0.485. The van der Waals surface area contributed by atoms with Crippen LogP contribution in [0.3, 0.4) is 0 Å². The predicted molar refractivity (Wildman–Crippen MR) is 126 cm³/mol. The van der Waals surface area contributed by atoms with Gasteiger partial charge in [0.25, 0.3) is 0 Å². The molecule has 0 aliphatic carbocycles. The first kappa shape index (κ1) is 21.7. The molecule has 0 saturated carbocycles. The highest BCUT2D eigenvalue weighted by Gasteiger charge is 2.26. The van der Waals surface area contributed by atoms with Crippen molar-refractivity contribution in [2.45, 2.75) is 36.7 Å². The fourth-order valence-electron chi connectivity index (χ4n) is 3.76. The van der Waals surface area contributed by atoms with E-state index in [0.29, 0.717) is 16.7 Å². The first-order valence-corrected chi connectivity index (χ1v) is 11.7. The average Bonchev–Trinajstić information content (AvgIpc) is 3.43. The van der Waals surface area contributed by atoms with Gasteiger partial charge in [-0.2, -0.15) is 0 Å². The lowest BCUT2D eigenvalue weighted by Crippen LogP contribution is -2.33. The first-order chi connectivity index (χ1) is 15.0. The van der Waals surface area contributed by atoms with Gasteiger partial charge in [0.2, 0.25) is 11.9 Å².